The molecule has 0 unspecified atom stereocenters. The number of benzene rings is 2. The third-order valence-electron chi connectivity index (χ3n) is 3.25. The molecule has 2 amide bonds. The average Bonchev–Trinajstić information content (AvgIpc) is 2.55. The lowest BCUT2D eigenvalue weighted by molar-refractivity contribution is -0.115. The van der Waals surface area contributed by atoms with Crippen LogP contribution < -0.4 is 10.6 Å². The van der Waals surface area contributed by atoms with Gasteiger partial charge in [0, 0.05) is 10.2 Å². The highest BCUT2D eigenvalue weighted by Gasteiger charge is 2.12. The van der Waals surface area contributed by atoms with Crippen LogP contribution in [0.25, 0.3) is 0 Å². The van der Waals surface area contributed by atoms with Crippen LogP contribution in [0.15, 0.2) is 46.9 Å². The Balaban J connectivity index is 1.96. The van der Waals surface area contributed by atoms with E-state index in [9.17, 15) is 9.59 Å². The van der Waals surface area contributed by atoms with E-state index in [2.05, 4.69) is 26.6 Å². The van der Waals surface area contributed by atoms with E-state index in [4.69, 9.17) is 11.6 Å². The predicted octanol–water partition coefficient (Wildman–Crippen LogP) is 4.03. The van der Waals surface area contributed by atoms with Gasteiger partial charge in [-0.1, -0.05) is 52.7 Å². The van der Waals surface area contributed by atoms with Gasteiger partial charge in [0.1, 0.15) is 0 Å². The number of hydrogen-bond acceptors (Lipinski definition) is 2. The topological polar surface area (TPSA) is 58.2 Å². The summed E-state index contributed by atoms with van der Waals surface area (Å²) in [5.41, 5.74) is 2.12. The second-order valence-electron chi connectivity index (χ2n) is 4.87. The molecule has 0 aliphatic carbocycles. The van der Waals surface area contributed by atoms with E-state index in [1.807, 2.05) is 31.2 Å². The van der Waals surface area contributed by atoms with Crippen molar-refractivity contribution in [3.05, 3.63) is 63.1 Å². The highest BCUT2D eigenvalue weighted by atomic mass is 79.9. The van der Waals surface area contributed by atoms with E-state index >= 15 is 0 Å². The Morgan fingerprint density at radius 3 is 2.65 bits per heavy atom. The normalized spacial score (nSPS) is 10.2. The summed E-state index contributed by atoms with van der Waals surface area (Å²) >= 11 is 9.28. The van der Waals surface area contributed by atoms with Gasteiger partial charge in [0.2, 0.25) is 5.91 Å². The second-order valence-corrected chi connectivity index (χ2v) is 6.19. The predicted molar refractivity (Wildman–Crippen MR) is 95.9 cm³/mol. The molecule has 0 aliphatic heterocycles. The highest BCUT2D eigenvalue weighted by molar-refractivity contribution is 9.10. The summed E-state index contributed by atoms with van der Waals surface area (Å²) in [6.07, 6.45) is 0.816. The molecule has 0 saturated carbocycles. The van der Waals surface area contributed by atoms with Gasteiger partial charge in [-0.25, -0.2) is 0 Å². The molecular formula is C17H16BrClN2O2. The fraction of sp³-hybridized carbons (Fsp3) is 0.176. The number of nitrogens with one attached hydrogen (secondary N) is 2. The van der Waals surface area contributed by atoms with E-state index in [0.717, 1.165) is 22.1 Å². The zero-order valence-corrected chi connectivity index (χ0v) is 14.9. The summed E-state index contributed by atoms with van der Waals surface area (Å²) < 4.78 is 0.744. The van der Waals surface area contributed by atoms with Crippen molar-refractivity contribution in [1.82, 2.24) is 5.32 Å². The first-order valence-electron chi connectivity index (χ1n) is 7.12. The Kier molecular flexibility index (Phi) is 6.19. The molecule has 2 aromatic rings. The van der Waals surface area contributed by atoms with E-state index < -0.39 is 5.91 Å². The number of carbonyl (C=O) groups is 2. The van der Waals surface area contributed by atoms with Gasteiger partial charge >= 0.3 is 0 Å². The molecule has 0 heterocycles. The quantitative estimate of drug-likeness (QED) is 0.803. The zero-order chi connectivity index (χ0) is 16.8. The Hall–Kier alpha value is -1.85. The van der Waals surface area contributed by atoms with Crippen LogP contribution in [0.3, 0.4) is 0 Å². The highest BCUT2D eigenvalue weighted by Crippen LogP contribution is 2.20. The van der Waals surface area contributed by atoms with Crippen LogP contribution in [0.5, 0.6) is 0 Å². The molecule has 2 N–H and O–H groups in total. The van der Waals surface area contributed by atoms with E-state index in [0.29, 0.717) is 10.6 Å². The summed E-state index contributed by atoms with van der Waals surface area (Å²) in [4.78, 5) is 24.1. The molecule has 6 heteroatoms. The average molecular weight is 396 g/mol. The first-order valence-corrected chi connectivity index (χ1v) is 8.29. The summed E-state index contributed by atoms with van der Waals surface area (Å²) in [6, 6.07) is 12.5. The lowest BCUT2D eigenvalue weighted by Crippen LogP contribution is -2.33. The molecule has 0 aromatic heterocycles. The maximum absolute atomic E-state index is 12.1. The van der Waals surface area contributed by atoms with Gasteiger partial charge in [-0.05, 0) is 36.2 Å². The lowest BCUT2D eigenvalue weighted by atomic mass is 10.1. The van der Waals surface area contributed by atoms with Crippen molar-refractivity contribution in [2.24, 2.45) is 0 Å². The number of para-hydroxylation sites is 1. The number of hydrogen-bond donors (Lipinski definition) is 2. The Morgan fingerprint density at radius 1 is 1.17 bits per heavy atom. The van der Waals surface area contributed by atoms with E-state index in [1.54, 1.807) is 18.2 Å². The van der Waals surface area contributed by atoms with Gasteiger partial charge in [0.05, 0.1) is 17.1 Å². The van der Waals surface area contributed by atoms with Crippen LogP contribution in [0.2, 0.25) is 5.02 Å². The molecule has 0 bridgehead atoms. The standard InChI is InChI=1S/C17H16BrClN2O2/c1-2-11-5-3-4-6-15(11)21-16(22)10-20-17(23)13-9-12(18)7-8-14(13)19/h3-9H,2,10H2,1H3,(H,20,23)(H,21,22). The Morgan fingerprint density at radius 2 is 1.91 bits per heavy atom. The molecule has 0 radical (unpaired) electrons. The van der Waals surface area contributed by atoms with Crippen molar-refractivity contribution >= 4 is 45.0 Å². The summed E-state index contributed by atoms with van der Waals surface area (Å²) in [6.45, 7) is 1.89. The molecule has 4 nitrogen and oxygen atoms in total. The molecule has 2 aromatic carbocycles. The Labute approximate surface area is 148 Å². The smallest absolute Gasteiger partial charge is 0.253 e. The first kappa shape index (κ1) is 17.5. The van der Waals surface area contributed by atoms with Gasteiger partial charge in [-0.2, -0.15) is 0 Å². The molecule has 120 valence electrons. The van der Waals surface area contributed by atoms with Gasteiger partial charge in [0.15, 0.2) is 0 Å². The van der Waals surface area contributed by atoms with Gasteiger partial charge in [-0.15, -0.1) is 0 Å². The van der Waals surface area contributed by atoms with E-state index in [-0.39, 0.29) is 12.5 Å². The molecule has 23 heavy (non-hydrogen) atoms. The molecule has 2 rings (SSSR count). The number of amides is 2. The first-order chi connectivity index (χ1) is 11.0. The van der Waals surface area contributed by atoms with Crippen LogP contribution in [-0.4, -0.2) is 18.4 Å². The van der Waals surface area contributed by atoms with Gasteiger partial charge in [0.25, 0.3) is 5.91 Å². The van der Waals surface area contributed by atoms with Gasteiger partial charge in [-0.3, -0.25) is 9.59 Å². The SMILES string of the molecule is CCc1ccccc1NC(=O)CNC(=O)c1cc(Br)ccc1Cl. The number of aryl methyl sites for hydroxylation is 1. The molecule has 0 aliphatic rings. The van der Waals surface area contributed by atoms with Crippen molar-refractivity contribution in [3.63, 3.8) is 0 Å². The summed E-state index contributed by atoms with van der Waals surface area (Å²) in [5, 5.41) is 5.70. The van der Waals surface area contributed by atoms with Crippen LogP contribution >= 0.6 is 27.5 Å². The van der Waals surface area contributed by atoms with Crippen LogP contribution in [-0.2, 0) is 11.2 Å². The van der Waals surface area contributed by atoms with Crippen molar-refractivity contribution < 1.29 is 9.59 Å². The fourth-order valence-corrected chi connectivity index (χ4v) is 2.64. The molecular weight excluding hydrogens is 380 g/mol. The Bertz CT molecular complexity index is 734. The zero-order valence-electron chi connectivity index (χ0n) is 12.5. The monoisotopic (exact) mass is 394 g/mol. The molecule has 0 fully saturated rings. The maximum Gasteiger partial charge on any atom is 0.253 e. The second kappa shape index (κ2) is 8.13. The fourth-order valence-electron chi connectivity index (χ4n) is 2.07. The largest absolute Gasteiger partial charge is 0.343 e. The van der Waals surface area contributed by atoms with Crippen molar-refractivity contribution in [2.45, 2.75) is 13.3 Å². The molecule has 0 atom stereocenters. The van der Waals surface area contributed by atoms with Crippen molar-refractivity contribution in [3.8, 4) is 0 Å². The summed E-state index contributed by atoms with van der Waals surface area (Å²) in [5.74, 6) is -0.680. The van der Waals surface area contributed by atoms with Gasteiger partial charge < -0.3 is 10.6 Å². The van der Waals surface area contributed by atoms with Crippen LogP contribution in [0, 0.1) is 0 Å². The number of anilines is 1. The third kappa shape index (κ3) is 4.81. The minimum Gasteiger partial charge on any atom is -0.343 e. The molecule has 0 spiro atoms. The van der Waals surface area contributed by atoms with Crippen molar-refractivity contribution in [1.29, 1.82) is 0 Å². The number of rotatable bonds is 5. The van der Waals surface area contributed by atoms with Crippen LogP contribution in [0.1, 0.15) is 22.8 Å². The maximum atomic E-state index is 12.1. The molecule has 0 saturated heterocycles. The minimum absolute atomic E-state index is 0.125. The minimum atomic E-state index is -0.393. The van der Waals surface area contributed by atoms with Crippen LogP contribution in [0.4, 0.5) is 5.69 Å². The van der Waals surface area contributed by atoms with Crippen molar-refractivity contribution in [2.75, 3.05) is 11.9 Å². The third-order valence-corrected chi connectivity index (χ3v) is 4.08. The lowest BCUT2D eigenvalue weighted by Gasteiger charge is -2.11. The summed E-state index contributed by atoms with van der Waals surface area (Å²) in [7, 11) is 0. The van der Waals surface area contributed by atoms with E-state index in [1.165, 1.54) is 0 Å². The number of halogens is 2. The number of carbonyl (C=O) groups excluding carboxylic acids is 2.